The van der Waals surface area contributed by atoms with E-state index >= 15 is 0 Å². The maximum atomic E-state index is 13.3. The van der Waals surface area contributed by atoms with Gasteiger partial charge in [0.2, 0.25) is 11.9 Å². The van der Waals surface area contributed by atoms with Gasteiger partial charge >= 0.3 is 0 Å². The van der Waals surface area contributed by atoms with Crippen molar-refractivity contribution in [2.45, 2.75) is 38.2 Å². The maximum Gasteiger partial charge on any atom is 0.225 e. The molecule has 1 atom stereocenters. The standard InChI is InChI=1S/C26H30FN5O2/c1-31-22(18-10-12-20(27)13-11-18)16-28-26(31)30-24-9-5-8-21(29-24)23-17-32(14-15-34-23)25(33)19-6-3-2-4-7-19/h5,8-13,16,19,23H,2-4,6-7,14-15,17H2,1H3,(H,28,29,30)/t23-/m0/s1. The molecular weight excluding hydrogens is 433 g/mol. The number of halogens is 1. The summed E-state index contributed by atoms with van der Waals surface area (Å²) in [6, 6.07) is 12.1. The van der Waals surface area contributed by atoms with E-state index in [1.54, 1.807) is 18.3 Å². The molecule has 1 amide bonds. The Balaban J connectivity index is 1.28. The molecule has 1 saturated heterocycles. The number of ether oxygens (including phenoxy) is 1. The van der Waals surface area contributed by atoms with Crippen LogP contribution in [0.3, 0.4) is 0 Å². The van der Waals surface area contributed by atoms with Gasteiger partial charge in [-0.3, -0.25) is 4.79 Å². The minimum atomic E-state index is -0.269. The van der Waals surface area contributed by atoms with Crippen LogP contribution in [-0.4, -0.2) is 45.0 Å². The molecule has 1 saturated carbocycles. The largest absolute Gasteiger partial charge is 0.368 e. The Morgan fingerprint density at radius 3 is 2.71 bits per heavy atom. The van der Waals surface area contributed by atoms with E-state index in [2.05, 4.69) is 10.3 Å². The lowest BCUT2D eigenvalue weighted by molar-refractivity contribution is -0.144. The molecule has 0 spiro atoms. The highest BCUT2D eigenvalue weighted by Crippen LogP contribution is 2.29. The molecule has 5 rings (SSSR count). The van der Waals surface area contributed by atoms with Crippen LogP contribution in [0.2, 0.25) is 0 Å². The van der Waals surface area contributed by atoms with E-state index in [0.717, 1.165) is 42.6 Å². The van der Waals surface area contributed by atoms with Gasteiger partial charge in [-0.1, -0.05) is 25.3 Å². The van der Waals surface area contributed by atoms with Crippen molar-refractivity contribution in [1.29, 1.82) is 0 Å². The molecule has 3 aromatic rings. The number of morpholine rings is 1. The Labute approximate surface area is 199 Å². The number of hydrogen-bond donors (Lipinski definition) is 1. The molecular formula is C26H30FN5O2. The Bertz CT molecular complexity index is 1140. The first-order valence-corrected chi connectivity index (χ1v) is 12.0. The quantitative estimate of drug-likeness (QED) is 0.586. The van der Waals surface area contributed by atoms with Crippen LogP contribution in [0.5, 0.6) is 0 Å². The fourth-order valence-corrected chi connectivity index (χ4v) is 4.87. The average Bonchev–Trinajstić information content (AvgIpc) is 3.24. The van der Waals surface area contributed by atoms with E-state index in [-0.39, 0.29) is 23.7 Å². The van der Waals surface area contributed by atoms with Crippen LogP contribution in [-0.2, 0) is 16.6 Å². The second-order valence-electron chi connectivity index (χ2n) is 9.08. The molecule has 3 heterocycles. The number of pyridine rings is 1. The number of amides is 1. The number of carbonyl (C=O) groups is 1. The summed E-state index contributed by atoms with van der Waals surface area (Å²) in [5.74, 6) is 1.43. The number of nitrogens with one attached hydrogen (secondary N) is 1. The molecule has 2 aliphatic rings. The molecule has 0 bridgehead atoms. The smallest absolute Gasteiger partial charge is 0.225 e. The number of imidazole rings is 1. The van der Waals surface area contributed by atoms with E-state index in [9.17, 15) is 9.18 Å². The summed E-state index contributed by atoms with van der Waals surface area (Å²) < 4.78 is 21.2. The number of hydrogen-bond acceptors (Lipinski definition) is 5. The summed E-state index contributed by atoms with van der Waals surface area (Å²) in [7, 11) is 1.90. The average molecular weight is 464 g/mol. The molecule has 1 N–H and O–H groups in total. The van der Waals surface area contributed by atoms with Crippen molar-refractivity contribution in [1.82, 2.24) is 19.4 Å². The molecule has 0 unspecified atom stereocenters. The fourth-order valence-electron chi connectivity index (χ4n) is 4.87. The third-order valence-electron chi connectivity index (χ3n) is 6.80. The third kappa shape index (κ3) is 4.82. The molecule has 7 nitrogen and oxygen atoms in total. The summed E-state index contributed by atoms with van der Waals surface area (Å²) >= 11 is 0. The van der Waals surface area contributed by atoms with Gasteiger partial charge in [-0.05, 0) is 49.2 Å². The van der Waals surface area contributed by atoms with Gasteiger partial charge in [0.1, 0.15) is 17.7 Å². The van der Waals surface area contributed by atoms with Crippen molar-refractivity contribution in [2.24, 2.45) is 13.0 Å². The first-order chi connectivity index (χ1) is 16.6. The van der Waals surface area contributed by atoms with Crippen LogP contribution in [0.25, 0.3) is 11.3 Å². The summed E-state index contributed by atoms with van der Waals surface area (Å²) in [4.78, 5) is 24.2. The number of anilines is 2. The zero-order chi connectivity index (χ0) is 23.5. The van der Waals surface area contributed by atoms with Crippen molar-refractivity contribution < 1.29 is 13.9 Å². The van der Waals surface area contributed by atoms with Crippen molar-refractivity contribution >= 4 is 17.7 Å². The predicted molar refractivity (Wildman–Crippen MR) is 128 cm³/mol. The summed E-state index contributed by atoms with van der Waals surface area (Å²) in [5, 5.41) is 3.27. The Kier molecular flexibility index (Phi) is 6.58. The van der Waals surface area contributed by atoms with Crippen LogP contribution in [0, 0.1) is 11.7 Å². The summed E-state index contributed by atoms with van der Waals surface area (Å²) in [6.45, 7) is 1.69. The number of carbonyl (C=O) groups excluding carboxylic acids is 1. The van der Waals surface area contributed by atoms with Crippen LogP contribution in [0.15, 0.2) is 48.7 Å². The van der Waals surface area contributed by atoms with Crippen LogP contribution >= 0.6 is 0 Å². The SMILES string of the molecule is Cn1c(-c2ccc(F)cc2)cnc1Nc1cccc([C@@H]2CN(C(=O)C3CCCCC3)CCO2)n1. The van der Waals surface area contributed by atoms with Gasteiger partial charge in [0.25, 0.3) is 0 Å². The molecule has 2 fully saturated rings. The lowest BCUT2D eigenvalue weighted by Gasteiger charge is -2.35. The number of benzene rings is 1. The van der Waals surface area contributed by atoms with Gasteiger partial charge in [0.05, 0.1) is 30.7 Å². The zero-order valence-corrected chi connectivity index (χ0v) is 19.4. The van der Waals surface area contributed by atoms with Gasteiger partial charge < -0.3 is 19.5 Å². The molecule has 34 heavy (non-hydrogen) atoms. The fraction of sp³-hybridized carbons (Fsp3) is 0.423. The minimum Gasteiger partial charge on any atom is -0.368 e. The van der Waals surface area contributed by atoms with Crippen molar-refractivity contribution in [2.75, 3.05) is 25.0 Å². The van der Waals surface area contributed by atoms with Crippen molar-refractivity contribution in [3.8, 4) is 11.3 Å². The van der Waals surface area contributed by atoms with E-state index in [4.69, 9.17) is 9.72 Å². The monoisotopic (exact) mass is 463 g/mol. The predicted octanol–water partition coefficient (Wildman–Crippen LogP) is 4.85. The molecule has 178 valence electrons. The zero-order valence-electron chi connectivity index (χ0n) is 19.4. The third-order valence-corrected chi connectivity index (χ3v) is 6.80. The highest BCUT2D eigenvalue weighted by Gasteiger charge is 2.31. The maximum absolute atomic E-state index is 13.3. The van der Waals surface area contributed by atoms with Crippen LogP contribution in [0.1, 0.15) is 43.9 Å². The number of nitrogens with zero attached hydrogens (tertiary/aromatic N) is 4. The Morgan fingerprint density at radius 1 is 1.12 bits per heavy atom. The van der Waals surface area contributed by atoms with Crippen LogP contribution < -0.4 is 5.32 Å². The van der Waals surface area contributed by atoms with E-state index in [1.165, 1.54) is 18.6 Å². The normalized spacial score (nSPS) is 19.2. The second-order valence-corrected chi connectivity index (χ2v) is 9.08. The van der Waals surface area contributed by atoms with Gasteiger partial charge in [-0.15, -0.1) is 0 Å². The molecule has 2 aromatic heterocycles. The highest BCUT2D eigenvalue weighted by atomic mass is 19.1. The highest BCUT2D eigenvalue weighted by molar-refractivity contribution is 5.79. The Hall–Kier alpha value is -3.26. The van der Waals surface area contributed by atoms with E-state index in [0.29, 0.717) is 31.5 Å². The second kappa shape index (κ2) is 9.93. The first-order valence-electron chi connectivity index (χ1n) is 12.0. The number of rotatable bonds is 5. The molecule has 0 radical (unpaired) electrons. The topological polar surface area (TPSA) is 72.3 Å². The molecule has 1 aliphatic carbocycles. The summed E-state index contributed by atoms with van der Waals surface area (Å²) in [5.41, 5.74) is 2.54. The Morgan fingerprint density at radius 2 is 1.91 bits per heavy atom. The van der Waals surface area contributed by atoms with Crippen molar-refractivity contribution in [3.63, 3.8) is 0 Å². The minimum absolute atomic E-state index is 0.159. The van der Waals surface area contributed by atoms with E-state index in [1.807, 2.05) is 34.7 Å². The van der Waals surface area contributed by atoms with Crippen LogP contribution in [0.4, 0.5) is 16.2 Å². The lowest BCUT2D eigenvalue weighted by Crippen LogP contribution is -2.45. The van der Waals surface area contributed by atoms with Gasteiger partial charge in [-0.2, -0.15) is 0 Å². The van der Waals surface area contributed by atoms with Gasteiger partial charge in [0.15, 0.2) is 0 Å². The number of aromatic nitrogens is 3. The van der Waals surface area contributed by atoms with E-state index < -0.39 is 0 Å². The molecule has 1 aromatic carbocycles. The van der Waals surface area contributed by atoms with Crippen molar-refractivity contribution in [3.05, 3.63) is 60.2 Å². The lowest BCUT2D eigenvalue weighted by atomic mass is 9.88. The molecule has 1 aliphatic heterocycles. The van der Waals surface area contributed by atoms with Gasteiger partial charge in [-0.25, -0.2) is 14.4 Å². The molecule has 8 heteroatoms. The van der Waals surface area contributed by atoms with Gasteiger partial charge in [0, 0.05) is 25.1 Å². The first kappa shape index (κ1) is 22.5. The summed E-state index contributed by atoms with van der Waals surface area (Å²) in [6.07, 6.45) is 7.04.